The molecule has 0 heterocycles. The van der Waals surface area contributed by atoms with Crippen molar-refractivity contribution < 1.29 is 25.2 Å². The lowest BCUT2D eigenvalue weighted by atomic mass is 10.1. The molecule has 7 heteroatoms. The van der Waals surface area contributed by atoms with E-state index in [0.717, 1.165) is 0 Å². The monoisotopic (exact) mass is 340 g/mol. The number of carbonyl (C=O) groups is 1. The van der Waals surface area contributed by atoms with Crippen molar-refractivity contribution in [2.45, 2.75) is 6.42 Å². The summed E-state index contributed by atoms with van der Waals surface area (Å²) in [6.07, 6.45) is 1.69. The third-order valence-corrected chi connectivity index (χ3v) is 3.41. The highest BCUT2D eigenvalue weighted by Crippen LogP contribution is 2.26. The van der Waals surface area contributed by atoms with Gasteiger partial charge in [-0.2, -0.15) is 5.26 Å². The number of amides is 1. The Balaban J connectivity index is 2.00. The average molecular weight is 340 g/mol. The zero-order valence-corrected chi connectivity index (χ0v) is 13.1. The van der Waals surface area contributed by atoms with E-state index in [-0.39, 0.29) is 35.1 Å². The molecule has 25 heavy (non-hydrogen) atoms. The van der Waals surface area contributed by atoms with Crippen LogP contribution in [0.2, 0.25) is 0 Å². The third-order valence-electron chi connectivity index (χ3n) is 3.41. The molecule has 128 valence electrons. The first kappa shape index (κ1) is 17.7. The van der Waals surface area contributed by atoms with E-state index in [0.29, 0.717) is 17.5 Å². The van der Waals surface area contributed by atoms with Crippen molar-refractivity contribution >= 4 is 12.0 Å². The largest absolute Gasteiger partial charge is 0.504 e. The van der Waals surface area contributed by atoms with Gasteiger partial charge >= 0.3 is 0 Å². The number of nitrogens with zero attached hydrogens (tertiary/aromatic N) is 1. The first-order chi connectivity index (χ1) is 11.9. The highest BCUT2D eigenvalue weighted by molar-refractivity contribution is 6.01. The molecule has 0 atom stereocenters. The number of phenolic OH excluding ortho intramolecular Hbond substituents is 4. The molecule has 7 nitrogen and oxygen atoms in total. The highest BCUT2D eigenvalue weighted by atomic mass is 16.3. The maximum atomic E-state index is 12.0. The maximum absolute atomic E-state index is 12.0. The zero-order valence-electron chi connectivity index (χ0n) is 13.1. The van der Waals surface area contributed by atoms with Crippen LogP contribution in [0, 0.1) is 11.3 Å². The van der Waals surface area contributed by atoms with Crippen LogP contribution >= 0.6 is 0 Å². The quantitative estimate of drug-likeness (QED) is 0.320. The number of aromatic hydroxyl groups is 4. The smallest absolute Gasteiger partial charge is 0.261 e. The van der Waals surface area contributed by atoms with E-state index in [2.05, 4.69) is 5.32 Å². The maximum Gasteiger partial charge on any atom is 0.261 e. The fraction of sp³-hybridized carbons (Fsp3) is 0.111. The molecule has 0 saturated heterocycles. The lowest BCUT2D eigenvalue weighted by Gasteiger charge is -2.06. The van der Waals surface area contributed by atoms with Crippen LogP contribution in [0.3, 0.4) is 0 Å². The van der Waals surface area contributed by atoms with Crippen molar-refractivity contribution in [2.24, 2.45) is 0 Å². The number of benzene rings is 2. The molecule has 0 aliphatic carbocycles. The van der Waals surface area contributed by atoms with Gasteiger partial charge in [-0.1, -0.05) is 12.1 Å². The molecule has 0 aliphatic rings. The summed E-state index contributed by atoms with van der Waals surface area (Å²) in [5.41, 5.74) is 0.950. The van der Waals surface area contributed by atoms with Crippen molar-refractivity contribution in [1.82, 2.24) is 5.32 Å². The summed E-state index contributed by atoms with van der Waals surface area (Å²) in [4.78, 5) is 12.0. The highest BCUT2D eigenvalue weighted by Gasteiger charge is 2.10. The molecule has 5 N–H and O–H groups in total. The van der Waals surface area contributed by atoms with Crippen LogP contribution in [-0.4, -0.2) is 32.9 Å². The van der Waals surface area contributed by atoms with E-state index in [1.54, 1.807) is 12.1 Å². The predicted molar refractivity (Wildman–Crippen MR) is 89.8 cm³/mol. The van der Waals surface area contributed by atoms with Gasteiger partial charge < -0.3 is 25.7 Å². The fourth-order valence-electron chi connectivity index (χ4n) is 2.09. The van der Waals surface area contributed by atoms with Crippen molar-refractivity contribution in [3.05, 3.63) is 53.1 Å². The molecular formula is C18H16N2O5. The molecule has 0 unspecified atom stereocenters. The Labute approximate surface area is 143 Å². The molecule has 0 fully saturated rings. The Bertz CT molecular complexity index is 868. The van der Waals surface area contributed by atoms with Crippen LogP contribution in [0.4, 0.5) is 0 Å². The van der Waals surface area contributed by atoms with Gasteiger partial charge in [0.25, 0.3) is 5.91 Å². The minimum atomic E-state index is -0.585. The van der Waals surface area contributed by atoms with Crippen LogP contribution in [0.25, 0.3) is 6.08 Å². The molecule has 0 bridgehead atoms. The van der Waals surface area contributed by atoms with Crippen LogP contribution in [0.15, 0.2) is 42.0 Å². The van der Waals surface area contributed by atoms with E-state index < -0.39 is 5.91 Å². The number of hydrogen-bond donors (Lipinski definition) is 5. The lowest BCUT2D eigenvalue weighted by molar-refractivity contribution is -0.117. The normalized spacial score (nSPS) is 10.9. The number of rotatable bonds is 5. The molecule has 0 aliphatic heterocycles. The van der Waals surface area contributed by atoms with Gasteiger partial charge in [-0.25, -0.2) is 0 Å². The van der Waals surface area contributed by atoms with Gasteiger partial charge in [0, 0.05) is 6.54 Å². The molecule has 0 aromatic heterocycles. The van der Waals surface area contributed by atoms with Crippen LogP contribution in [-0.2, 0) is 11.2 Å². The lowest BCUT2D eigenvalue weighted by Crippen LogP contribution is -2.26. The van der Waals surface area contributed by atoms with Crippen LogP contribution < -0.4 is 5.32 Å². The summed E-state index contributed by atoms with van der Waals surface area (Å²) in [5, 5.41) is 49.0. The summed E-state index contributed by atoms with van der Waals surface area (Å²) in [6.45, 7) is 0.225. The fourth-order valence-corrected chi connectivity index (χ4v) is 2.09. The molecule has 0 spiro atoms. The van der Waals surface area contributed by atoms with Gasteiger partial charge in [0.05, 0.1) is 0 Å². The third kappa shape index (κ3) is 4.65. The SMILES string of the molecule is N#CC(=Cc1ccc(O)c(O)c1)C(=O)NCCc1ccc(O)c(O)c1. The van der Waals surface area contributed by atoms with E-state index in [9.17, 15) is 25.2 Å². The summed E-state index contributed by atoms with van der Waals surface area (Å²) >= 11 is 0. The minimum Gasteiger partial charge on any atom is -0.504 e. The van der Waals surface area contributed by atoms with Gasteiger partial charge in [-0.3, -0.25) is 4.79 Å². The number of phenols is 4. The van der Waals surface area contributed by atoms with Crippen LogP contribution in [0.5, 0.6) is 23.0 Å². The van der Waals surface area contributed by atoms with E-state index >= 15 is 0 Å². The zero-order chi connectivity index (χ0) is 18.4. The van der Waals surface area contributed by atoms with Crippen molar-refractivity contribution in [3.8, 4) is 29.1 Å². The average Bonchev–Trinajstić information content (AvgIpc) is 2.58. The van der Waals surface area contributed by atoms with E-state index in [1.807, 2.05) is 0 Å². The number of nitrogens with one attached hydrogen (secondary N) is 1. The standard InChI is InChI=1S/C18H16N2O5/c19-10-13(7-12-2-4-15(22)17(24)9-12)18(25)20-6-5-11-1-3-14(21)16(23)8-11/h1-4,7-9,21-24H,5-6H2,(H,20,25). The van der Waals surface area contributed by atoms with Gasteiger partial charge in [-0.15, -0.1) is 0 Å². The minimum absolute atomic E-state index is 0.154. The Morgan fingerprint density at radius 1 is 1.00 bits per heavy atom. The summed E-state index contributed by atoms with van der Waals surface area (Å²) in [5.74, 6) is -1.69. The van der Waals surface area contributed by atoms with Crippen molar-refractivity contribution in [2.75, 3.05) is 6.54 Å². The van der Waals surface area contributed by atoms with Gasteiger partial charge in [0.1, 0.15) is 11.6 Å². The Morgan fingerprint density at radius 3 is 2.24 bits per heavy atom. The summed E-state index contributed by atoms with van der Waals surface area (Å²) in [7, 11) is 0. The Kier molecular flexibility index (Phi) is 5.48. The number of carbonyl (C=O) groups excluding carboxylic acids is 1. The van der Waals surface area contributed by atoms with Gasteiger partial charge in [0.2, 0.25) is 0 Å². The predicted octanol–water partition coefficient (Wildman–Crippen LogP) is 1.77. The van der Waals surface area contributed by atoms with Gasteiger partial charge in [-0.05, 0) is 47.9 Å². The molecular weight excluding hydrogens is 324 g/mol. The number of hydrogen-bond acceptors (Lipinski definition) is 6. The first-order valence-electron chi connectivity index (χ1n) is 7.33. The second kappa shape index (κ2) is 7.75. The molecule has 2 aromatic carbocycles. The second-order valence-electron chi connectivity index (χ2n) is 5.25. The number of nitriles is 1. The second-order valence-corrected chi connectivity index (χ2v) is 5.25. The first-order valence-corrected chi connectivity index (χ1v) is 7.33. The molecule has 0 saturated carbocycles. The van der Waals surface area contributed by atoms with E-state index in [4.69, 9.17) is 5.26 Å². The van der Waals surface area contributed by atoms with Crippen molar-refractivity contribution in [3.63, 3.8) is 0 Å². The topological polar surface area (TPSA) is 134 Å². The van der Waals surface area contributed by atoms with Crippen LogP contribution in [0.1, 0.15) is 11.1 Å². The van der Waals surface area contributed by atoms with E-state index in [1.165, 1.54) is 36.4 Å². The van der Waals surface area contributed by atoms with Crippen molar-refractivity contribution in [1.29, 1.82) is 5.26 Å². The molecule has 2 aromatic rings. The molecule has 2 rings (SSSR count). The molecule has 0 radical (unpaired) electrons. The molecule has 1 amide bonds. The summed E-state index contributed by atoms with van der Waals surface area (Å²) < 4.78 is 0. The summed E-state index contributed by atoms with van der Waals surface area (Å²) in [6, 6.07) is 10.1. The Morgan fingerprint density at radius 2 is 1.64 bits per heavy atom. The van der Waals surface area contributed by atoms with Gasteiger partial charge in [0.15, 0.2) is 23.0 Å². The Hall–Kier alpha value is -3.66.